The summed E-state index contributed by atoms with van der Waals surface area (Å²) in [5, 5.41) is 0. The highest BCUT2D eigenvalue weighted by molar-refractivity contribution is 9.10. The van der Waals surface area contributed by atoms with E-state index < -0.39 is 0 Å². The molecule has 1 amide bonds. The minimum Gasteiger partial charge on any atom is -0.448 e. The molecule has 1 fully saturated rings. The van der Waals surface area contributed by atoms with Gasteiger partial charge in [-0.1, -0.05) is 13.8 Å². The molecule has 5 heteroatoms. The first-order valence-corrected chi connectivity index (χ1v) is 6.98. The molecule has 0 unspecified atom stereocenters. The summed E-state index contributed by atoms with van der Waals surface area (Å²) in [5.41, 5.74) is 1.31. The lowest BCUT2D eigenvalue weighted by molar-refractivity contribution is 0.158. The number of hydrogen-bond acceptors (Lipinski definition) is 3. The summed E-state index contributed by atoms with van der Waals surface area (Å²) in [7, 11) is 0. The van der Waals surface area contributed by atoms with Crippen molar-refractivity contribution in [2.75, 3.05) is 19.7 Å². The highest BCUT2D eigenvalue weighted by Gasteiger charge is 2.19. The third kappa shape index (κ3) is 4.64. The zero-order valence-electron chi connectivity index (χ0n) is 10.9. The van der Waals surface area contributed by atoms with Crippen molar-refractivity contribution in [3.05, 3.63) is 28.5 Å². The zero-order valence-corrected chi connectivity index (χ0v) is 12.4. The summed E-state index contributed by atoms with van der Waals surface area (Å²) in [4.78, 5) is 16.3. The molecule has 0 bridgehead atoms. The van der Waals surface area contributed by atoms with E-state index in [2.05, 4.69) is 27.8 Å². The van der Waals surface area contributed by atoms with E-state index in [0.29, 0.717) is 6.61 Å². The molecule has 18 heavy (non-hydrogen) atoms. The molecule has 0 aliphatic carbocycles. The van der Waals surface area contributed by atoms with Gasteiger partial charge in [-0.15, -0.1) is 0 Å². The maximum absolute atomic E-state index is 10.7. The SMILES string of the molecule is CCCN1CCOC1=O.CCc1ccncc1Br. The van der Waals surface area contributed by atoms with Crippen LogP contribution >= 0.6 is 15.9 Å². The van der Waals surface area contributed by atoms with Gasteiger partial charge < -0.3 is 9.64 Å². The van der Waals surface area contributed by atoms with Gasteiger partial charge in [0.05, 0.1) is 6.54 Å². The van der Waals surface area contributed by atoms with Crippen LogP contribution in [0.2, 0.25) is 0 Å². The Balaban J connectivity index is 0.000000180. The van der Waals surface area contributed by atoms with Crippen LogP contribution in [0.25, 0.3) is 0 Å². The number of hydrogen-bond donors (Lipinski definition) is 0. The fraction of sp³-hybridized carbons (Fsp3) is 0.538. The van der Waals surface area contributed by atoms with Gasteiger partial charge in [0.1, 0.15) is 6.61 Å². The Morgan fingerprint density at radius 3 is 2.72 bits per heavy atom. The molecule has 100 valence electrons. The highest BCUT2D eigenvalue weighted by atomic mass is 79.9. The molecule has 0 radical (unpaired) electrons. The summed E-state index contributed by atoms with van der Waals surface area (Å²) in [6.07, 6.45) is 5.54. The molecular weight excluding hydrogens is 296 g/mol. The van der Waals surface area contributed by atoms with E-state index in [1.807, 2.05) is 25.4 Å². The largest absolute Gasteiger partial charge is 0.448 e. The predicted octanol–water partition coefficient (Wildman–Crippen LogP) is 3.26. The van der Waals surface area contributed by atoms with Gasteiger partial charge in [0, 0.05) is 23.4 Å². The summed E-state index contributed by atoms with van der Waals surface area (Å²) >= 11 is 3.39. The van der Waals surface area contributed by atoms with Crippen molar-refractivity contribution in [1.29, 1.82) is 0 Å². The molecular formula is C13H19BrN2O2. The number of ether oxygens (including phenoxy) is 1. The molecule has 0 spiro atoms. The second-order valence-corrected chi connectivity index (χ2v) is 4.78. The third-order valence-corrected chi connectivity index (χ3v) is 3.29. The van der Waals surface area contributed by atoms with Crippen molar-refractivity contribution in [3.63, 3.8) is 0 Å². The Morgan fingerprint density at radius 1 is 1.50 bits per heavy atom. The van der Waals surface area contributed by atoms with Crippen LogP contribution in [-0.2, 0) is 11.2 Å². The number of carbonyl (C=O) groups is 1. The van der Waals surface area contributed by atoms with Gasteiger partial charge in [0.15, 0.2) is 0 Å². The van der Waals surface area contributed by atoms with Crippen molar-refractivity contribution in [1.82, 2.24) is 9.88 Å². The molecule has 1 saturated heterocycles. The van der Waals surface area contributed by atoms with Crippen molar-refractivity contribution in [3.8, 4) is 0 Å². The van der Waals surface area contributed by atoms with Gasteiger partial charge in [-0.2, -0.15) is 0 Å². The Labute approximate surface area is 116 Å². The molecule has 1 aliphatic rings. The Hall–Kier alpha value is -1.10. The van der Waals surface area contributed by atoms with Crippen molar-refractivity contribution >= 4 is 22.0 Å². The second kappa shape index (κ2) is 8.08. The smallest absolute Gasteiger partial charge is 0.409 e. The quantitative estimate of drug-likeness (QED) is 0.860. The fourth-order valence-electron chi connectivity index (χ4n) is 1.59. The molecule has 2 rings (SSSR count). The number of carbonyl (C=O) groups excluding carboxylic acids is 1. The molecule has 1 aromatic rings. The first kappa shape index (κ1) is 15.0. The molecule has 1 aliphatic heterocycles. The molecule has 1 aromatic heterocycles. The Kier molecular flexibility index (Phi) is 6.72. The van der Waals surface area contributed by atoms with Crippen LogP contribution in [-0.4, -0.2) is 35.7 Å². The first-order chi connectivity index (χ1) is 8.69. The second-order valence-electron chi connectivity index (χ2n) is 3.92. The van der Waals surface area contributed by atoms with E-state index in [0.717, 1.165) is 30.4 Å². The Bertz CT molecular complexity index is 385. The number of rotatable bonds is 3. The maximum Gasteiger partial charge on any atom is 0.409 e. The lowest BCUT2D eigenvalue weighted by Gasteiger charge is -2.08. The van der Waals surface area contributed by atoms with E-state index in [4.69, 9.17) is 4.74 Å². The topological polar surface area (TPSA) is 42.4 Å². The van der Waals surface area contributed by atoms with Gasteiger partial charge in [0.25, 0.3) is 0 Å². The van der Waals surface area contributed by atoms with Crippen LogP contribution in [0.1, 0.15) is 25.8 Å². The van der Waals surface area contributed by atoms with Crippen molar-refractivity contribution in [2.24, 2.45) is 0 Å². The molecule has 2 heterocycles. The summed E-state index contributed by atoms with van der Waals surface area (Å²) < 4.78 is 5.81. The molecule has 0 atom stereocenters. The van der Waals surface area contributed by atoms with E-state index in [1.165, 1.54) is 5.56 Å². The molecule has 4 nitrogen and oxygen atoms in total. The predicted molar refractivity (Wildman–Crippen MR) is 74.5 cm³/mol. The summed E-state index contributed by atoms with van der Waals surface area (Å²) in [6, 6.07) is 2.02. The standard InChI is InChI=1S/C7H8BrN.C6H11NO2/c1-2-6-3-4-9-5-7(6)8;1-2-3-7-4-5-9-6(7)8/h3-5H,2H2,1H3;2-5H2,1H3. The van der Waals surface area contributed by atoms with Crippen LogP contribution in [0.3, 0.4) is 0 Å². The normalized spacial score (nSPS) is 13.9. The molecule has 0 N–H and O–H groups in total. The highest BCUT2D eigenvalue weighted by Crippen LogP contribution is 2.13. The lowest BCUT2D eigenvalue weighted by Crippen LogP contribution is -2.24. The number of pyridine rings is 1. The number of nitrogens with zero attached hydrogens (tertiary/aromatic N) is 2. The number of aryl methyl sites for hydroxylation is 1. The monoisotopic (exact) mass is 314 g/mol. The number of cyclic esters (lactones) is 1. The van der Waals surface area contributed by atoms with Crippen LogP contribution < -0.4 is 0 Å². The van der Waals surface area contributed by atoms with Gasteiger partial charge in [-0.25, -0.2) is 4.79 Å². The van der Waals surface area contributed by atoms with Crippen LogP contribution in [0, 0.1) is 0 Å². The summed E-state index contributed by atoms with van der Waals surface area (Å²) in [5.74, 6) is 0. The van der Waals surface area contributed by atoms with Gasteiger partial charge in [-0.3, -0.25) is 4.98 Å². The fourth-order valence-corrected chi connectivity index (χ4v) is 2.12. The van der Waals surface area contributed by atoms with Gasteiger partial charge >= 0.3 is 6.09 Å². The first-order valence-electron chi connectivity index (χ1n) is 6.19. The minimum absolute atomic E-state index is 0.156. The van der Waals surface area contributed by atoms with Gasteiger partial charge in [0.2, 0.25) is 0 Å². The third-order valence-electron chi connectivity index (χ3n) is 2.58. The van der Waals surface area contributed by atoms with Crippen LogP contribution in [0.15, 0.2) is 22.9 Å². The number of amides is 1. The van der Waals surface area contributed by atoms with Crippen molar-refractivity contribution < 1.29 is 9.53 Å². The van der Waals surface area contributed by atoms with E-state index in [9.17, 15) is 4.79 Å². The van der Waals surface area contributed by atoms with E-state index in [-0.39, 0.29) is 6.09 Å². The maximum atomic E-state index is 10.7. The molecule has 0 aromatic carbocycles. The Morgan fingerprint density at radius 2 is 2.28 bits per heavy atom. The zero-order chi connectivity index (χ0) is 13.4. The van der Waals surface area contributed by atoms with Crippen LogP contribution in [0.4, 0.5) is 4.79 Å². The average molecular weight is 315 g/mol. The van der Waals surface area contributed by atoms with Gasteiger partial charge in [-0.05, 0) is 40.4 Å². The number of halogens is 1. The van der Waals surface area contributed by atoms with E-state index in [1.54, 1.807) is 4.90 Å². The lowest BCUT2D eigenvalue weighted by atomic mass is 10.2. The van der Waals surface area contributed by atoms with Crippen LogP contribution in [0.5, 0.6) is 0 Å². The summed E-state index contributed by atoms with van der Waals surface area (Å²) in [6.45, 7) is 6.34. The average Bonchev–Trinajstić information content (AvgIpc) is 2.77. The van der Waals surface area contributed by atoms with E-state index >= 15 is 0 Å². The minimum atomic E-state index is -0.156. The number of aromatic nitrogens is 1. The van der Waals surface area contributed by atoms with Crippen molar-refractivity contribution in [2.45, 2.75) is 26.7 Å². The molecule has 0 saturated carbocycles.